The minimum atomic E-state index is -4.62. The molecule has 1 saturated heterocycles. The van der Waals surface area contributed by atoms with Crippen LogP contribution in [-0.2, 0) is 0 Å². The smallest absolute Gasteiger partial charge is 0.358 e. The first-order valence-corrected chi connectivity index (χ1v) is 13.7. The van der Waals surface area contributed by atoms with Gasteiger partial charge in [-0.1, -0.05) is 0 Å². The number of alkyl halides is 7. The van der Waals surface area contributed by atoms with Crippen molar-refractivity contribution in [1.82, 2.24) is 20.2 Å². The van der Waals surface area contributed by atoms with Gasteiger partial charge >= 0.3 is 6.18 Å². The minimum Gasteiger partial charge on any atom is -0.358 e. The highest BCUT2D eigenvalue weighted by Gasteiger charge is 2.49. The van der Waals surface area contributed by atoms with E-state index in [-0.39, 0.29) is 21.5 Å². The van der Waals surface area contributed by atoms with Crippen molar-refractivity contribution >= 4 is 29.0 Å². The highest BCUT2D eigenvalue weighted by Crippen LogP contribution is 2.43. The van der Waals surface area contributed by atoms with Crippen LogP contribution in [0.3, 0.4) is 0 Å². The number of halogens is 7. The van der Waals surface area contributed by atoms with Crippen molar-refractivity contribution in [2.75, 3.05) is 11.9 Å². The molecule has 3 fully saturated rings. The van der Waals surface area contributed by atoms with Gasteiger partial charge in [-0.25, -0.2) is 27.5 Å². The van der Waals surface area contributed by atoms with Crippen molar-refractivity contribution in [2.24, 2.45) is 5.92 Å². The summed E-state index contributed by atoms with van der Waals surface area (Å²) < 4.78 is 97.1. The summed E-state index contributed by atoms with van der Waals surface area (Å²) in [5.74, 6) is -5.89. The first kappa shape index (κ1) is 28.6. The second kappa shape index (κ2) is 10.5. The molecule has 40 heavy (non-hydrogen) atoms. The normalized spacial score (nSPS) is 21.8. The number of nitrogens with one attached hydrogen (secondary N) is 2. The highest BCUT2D eigenvalue weighted by molar-refractivity contribution is 7.17. The zero-order valence-electron chi connectivity index (χ0n) is 21.2. The molecule has 2 aromatic heterocycles. The van der Waals surface area contributed by atoms with E-state index < -0.39 is 78.4 Å². The number of aromatic nitrogens is 2. The fourth-order valence-corrected chi connectivity index (χ4v) is 5.93. The largest absolute Gasteiger partial charge is 0.408 e. The summed E-state index contributed by atoms with van der Waals surface area (Å²) in [6.45, 7) is 0.509. The Kier molecular flexibility index (Phi) is 7.46. The molecule has 3 aliphatic rings. The molecule has 218 valence electrons. The molecule has 2 aliphatic carbocycles. The Morgan fingerprint density at radius 3 is 2.40 bits per heavy atom. The predicted molar refractivity (Wildman–Crippen MR) is 132 cm³/mol. The maximum Gasteiger partial charge on any atom is 0.408 e. The van der Waals surface area contributed by atoms with Crippen molar-refractivity contribution in [3.05, 3.63) is 28.5 Å². The second-order valence-corrected chi connectivity index (χ2v) is 11.6. The van der Waals surface area contributed by atoms with Crippen molar-refractivity contribution in [3.8, 4) is 10.4 Å². The molecule has 0 bridgehead atoms. The number of thiazole rings is 1. The summed E-state index contributed by atoms with van der Waals surface area (Å²) in [5.41, 5.74) is -1.53. The Morgan fingerprint density at radius 2 is 1.88 bits per heavy atom. The molecule has 5 rings (SSSR count). The lowest BCUT2D eigenvalue weighted by Crippen LogP contribution is -2.39. The van der Waals surface area contributed by atoms with Gasteiger partial charge in [-0.05, 0) is 51.0 Å². The Balaban J connectivity index is 1.53. The van der Waals surface area contributed by atoms with Gasteiger partial charge in [0.2, 0.25) is 0 Å². The molecular formula is C25H26F7N5O2S. The molecular weight excluding hydrogens is 567 g/mol. The molecule has 3 heterocycles. The number of nitrogens with zero attached hydrogens (tertiary/aromatic N) is 3. The Hall–Kier alpha value is -2.97. The maximum atomic E-state index is 14.3. The van der Waals surface area contributed by atoms with E-state index >= 15 is 0 Å². The van der Waals surface area contributed by atoms with Crippen LogP contribution in [0.15, 0.2) is 12.3 Å². The van der Waals surface area contributed by atoms with Crippen molar-refractivity contribution in [3.63, 3.8) is 0 Å². The predicted octanol–water partition coefficient (Wildman–Crippen LogP) is 6.05. The fraction of sp³-hybridized carbons (Fsp3) is 0.600. The SMILES string of the molecule is CC1CC(F)(F)CN1C(=O)c1nc(C(=O)NC2CCC2)sc1-c1cnc(NC(C2CC2)C(F)(F)F)cc1C(F)F. The summed E-state index contributed by atoms with van der Waals surface area (Å²) >= 11 is 0.624. The molecule has 15 heteroatoms. The molecule has 0 spiro atoms. The zero-order valence-corrected chi connectivity index (χ0v) is 22.0. The number of anilines is 1. The number of carbonyl (C=O) groups excluding carboxylic acids is 2. The quantitative estimate of drug-likeness (QED) is 0.364. The highest BCUT2D eigenvalue weighted by atomic mass is 32.1. The summed E-state index contributed by atoms with van der Waals surface area (Å²) in [4.78, 5) is 34.9. The van der Waals surface area contributed by atoms with E-state index in [1.165, 1.54) is 6.92 Å². The third-order valence-electron chi connectivity index (χ3n) is 7.42. The second-order valence-electron chi connectivity index (χ2n) is 10.6. The Bertz CT molecular complexity index is 1290. The van der Waals surface area contributed by atoms with E-state index in [4.69, 9.17) is 0 Å². The monoisotopic (exact) mass is 593 g/mol. The first-order chi connectivity index (χ1) is 18.7. The van der Waals surface area contributed by atoms with Crippen LogP contribution < -0.4 is 10.6 Å². The van der Waals surface area contributed by atoms with Crippen molar-refractivity contribution in [2.45, 2.75) is 82.1 Å². The lowest BCUT2D eigenvalue weighted by atomic mass is 9.93. The van der Waals surface area contributed by atoms with E-state index in [1.807, 2.05) is 0 Å². The molecule has 2 atom stereocenters. The van der Waals surface area contributed by atoms with Gasteiger partial charge in [-0.15, -0.1) is 11.3 Å². The third kappa shape index (κ3) is 5.88. The fourth-order valence-electron chi connectivity index (χ4n) is 4.94. The summed E-state index contributed by atoms with van der Waals surface area (Å²) in [7, 11) is 0. The van der Waals surface area contributed by atoms with E-state index in [9.17, 15) is 40.3 Å². The number of pyridine rings is 1. The Labute approximate surface area is 228 Å². The third-order valence-corrected chi connectivity index (χ3v) is 8.51. The van der Waals surface area contributed by atoms with Crippen molar-refractivity contribution < 1.29 is 40.3 Å². The molecule has 2 unspecified atom stereocenters. The van der Waals surface area contributed by atoms with Crippen LogP contribution in [0, 0.1) is 5.92 Å². The van der Waals surface area contributed by atoms with Gasteiger partial charge in [-0.3, -0.25) is 9.59 Å². The minimum absolute atomic E-state index is 0.104. The van der Waals surface area contributed by atoms with Crippen LogP contribution in [-0.4, -0.2) is 63.5 Å². The number of amides is 2. The van der Waals surface area contributed by atoms with Gasteiger partial charge in [-0.2, -0.15) is 13.2 Å². The molecule has 2 saturated carbocycles. The number of carbonyl (C=O) groups is 2. The van der Waals surface area contributed by atoms with Crippen LogP contribution in [0.5, 0.6) is 0 Å². The standard InChI is InChI=1S/C25H26F7N5O2S/c1-11-8-24(28,29)10-37(11)23(39)17-18(40-22(36-17)21(38)34-13-3-2-4-13)15-9-33-16(7-14(15)20(26)27)35-19(12-5-6-12)25(30,31)32/h7,9,11-13,19-20H,2-6,8,10H2,1H3,(H,33,35)(H,34,38). The molecule has 2 aromatic rings. The molecule has 7 nitrogen and oxygen atoms in total. The number of likely N-dealkylation sites (tertiary alicyclic amines) is 1. The van der Waals surface area contributed by atoms with E-state index in [1.54, 1.807) is 0 Å². The van der Waals surface area contributed by atoms with Gasteiger partial charge < -0.3 is 15.5 Å². The molecule has 2 amide bonds. The average Bonchev–Trinajstić information content (AvgIpc) is 3.50. The summed E-state index contributed by atoms with van der Waals surface area (Å²) in [5, 5.41) is 4.72. The number of hydrogen-bond acceptors (Lipinski definition) is 6. The molecule has 2 N–H and O–H groups in total. The summed E-state index contributed by atoms with van der Waals surface area (Å²) in [6.07, 6.45) is -4.46. The van der Waals surface area contributed by atoms with E-state index in [0.29, 0.717) is 24.2 Å². The van der Waals surface area contributed by atoms with Crippen LogP contribution in [0.25, 0.3) is 10.4 Å². The molecule has 1 aliphatic heterocycles. The zero-order chi connectivity index (χ0) is 29.0. The lowest BCUT2D eigenvalue weighted by molar-refractivity contribution is -0.146. The van der Waals surface area contributed by atoms with Gasteiger partial charge in [0.1, 0.15) is 17.6 Å². The number of hydrogen-bond donors (Lipinski definition) is 2. The van der Waals surface area contributed by atoms with Crippen LogP contribution in [0.4, 0.5) is 36.6 Å². The van der Waals surface area contributed by atoms with Gasteiger partial charge in [0, 0.05) is 35.8 Å². The van der Waals surface area contributed by atoms with E-state index in [2.05, 4.69) is 20.6 Å². The average molecular weight is 594 g/mol. The van der Waals surface area contributed by atoms with Crippen molar-refractivity contribution in [1.29, 1.82) is 0 Å². The molecule has 0 aromatic carbocycles. The van der Waals surface area contributed by atoms with Crippen LogP contribution in [0.2, 0.25) is 0 Å². The topological polar surface area (TPSA) is 87.2 Å². The first-order valence-electron chi connectivity index (χ1n) is 12.9. The van der Waals surface area contributed by atoms with Crippen LogP contribution >= 0.6 is 11.3 Å². The number of rotatable bonds is 8. The summed E-state index contributed by atoms with van der Waals surface area (Å²) in [6, 6.07) is -2.18. The van der Waals surface area contributed by atoms with Gasteiger partial charge in [0.15, 0.2) is 5.01 Å². The lowest BCUT2D eigenvalue weighted by Gasteiger charge is -2.25. The van der Waals surface area contributed by atoms with E-state index in [0.717, 1.165) is 36.4 Å². The van der Waals surface area contributed by atoms with Crippen LogP contribution in [0.1, 0.15) is 77.7 Å². The molecule has 0 radical (unpaired) electrons. The van der Waals surface area contributed by atoms with Gasteiger partial charge in [0.05, 0.1) is 11.4 Å². The Morgan fingerprint density at radius 1 is 1.18 bits per heavy atom. The maximum absolute atomic E-state index is 14.3. The van der Waals surface area contributed by atoms with Gasteiger partial charge in [0.25, 0.3) is 24.2 Å².